The van der Waals surface area contributed by atoms with Crippen LogP contribution in [0.3, 0.4) is 0 Å². The number of halogens is 2. The second-order valence-corrected chi connectivity index (χ2v) is 4.21. The number of ether oxygens (including phenoxy) is 1. The van der Waals surface area contributed by atoms with Crippen LogP contribution in [0, 0.1) is 12.7 Å². The minimum atomic E-state index is -0.531. The van der Waals surface area contributed by atoms with E-state index in [0.29, 0.717) is 18.2 Å². The van der Waals surface area contributed by atoms with Crippen LogP contribution in [-0.2, 0) is 6.54 Å². The molecular formula is C13H12ClFN2O. The van der Waals surface area contributed by atoms with Gasteiger partial charge in [-0.2, -0.15) is 0 Å². The van der Waals surface area contributed by atoms with Crippen molar-refractivity contribution in [2.75, 3.05) is 0 Å². The maximum atomic E-state index is 13.3. The van der Waals surface area contributed by atoms with E-state index in [0.717, 1.165) is 11.3 Å². The predicted molar refractivity (Wildman–Crippen MR) is 68.3 cm³/mol. The van der Waals surface area contributed by atoms with Gasteiger partial charge < -0.3 is 10.5 Å². The molecule has 0 unspecified atom stereocenters. The monoisotopic (exact) mass is 266 g/mol. The standard InChI is InChI=1S/C13H12ClFN2O/c1-8-2-3-9(7-16)13(17-8)18-10-4-5-11(14)12(15)6-10/h2-6H,7,16H2,1H3. The van der Waals surface area contributed by atoms with Gasteiger partial charge in [-0.1, -0.05) is 17.7 Å². The number of rotatable bonds is 3. The zero-order valence-electron chi connectivity index (χ0n) is 9.78. The van der Waals surface area contributed by atoms with Gasteiger partial charge in [-0.25, -0.2) is 9.37 Å². The van der Waals surface area contributed by atoms with Crippen molar-refractivity contribution in [1.82, 2.24) is 4.98 Å². The van der Waals surface area contributed by atoms with Crippen molar-refractivity contribution in [3.05, 3.63) is 52.4 Å². The molecule has 2 aromatic rings. The van der Waals surface area contributed by atoms with Crippen LogP contribution in [0.4, 0.5) is 4.39 Å². The smallest absolute Gasteiger partial charge is 0.223 e. The van der Waals surface area contributed by atoms with Crippen molar-refractivity contribution >= 4 is 11.6 Å². The van der Waals surface area contributed by atoms with Gasteiger partial charge in [0.25, 0.3) is 0 Å². The zero-order valence-corrected chi connectivity index (χ0v) is 10.5. The number of pyridine rings is 1. The third kappa shape index (κ3) is 2.78. The lowest BCUT2D eigenvalue weighted by Gasteiger charge is -2.09. The zero-order chi connectivity index (χ0) is 13.1. The molecule has 0 saturated heterocycles. The van der Waals surface area contributed by atoms with Crippen LogP contribution in [0.2, 0.25) is 5.02 Å². The van der Waals surface area contributed by atoms with E-state index in [-0.39, 0.29) is 5.02 Å². The first-order valence-electron chi connectivity index (χ1n) is 5.39. The molecule has 0 spiro atoms. The van der Waals surface area contributed by atoms with E-state index in [2.05, 4.69) is 4.98 Å². The molecule has 1 heterocycles. The molecule has 0 aliphatic heterocycles. The topological polar surface area (TPSA) is 48.1 Å². The van der Waals surface area contributed by atoms with Crippen molar-refractivity contribution in [2.24, 2.45) is 5.73 Å². The highest BCUT2D eigenvalue weighted by Crippen LogP contribution is 2.26. The Morgan fingerprint density at radius 2 is 2.11 bits per heavy atom. The first-order valence-corrected chi connectivity index (χ1v) is 5.77. The van der Waals surface area contributed by atoms with Gasteiger partial charge >= 0.3 is 0 Å². The Bertz CT molecular complexity index is 575. The second kappa shape index (κ2) is 5.33. The van der Waals surface area contributed by atoms with Crippen molar-refractivity contribution in [1.29, 1.82) is 0 Å². The Morgan fingerprint density at radius 1 is 1.33 bits per heavy atom. The van der Waals surface area contributed by atoms with E-state index in [9.17, 15) is 4.39 Å². The van der Waals surface area contributed by atoms with Crippen LogP contribution >= 0.6 is 11.6 Å². The third-order valence-electron chi connectivity index (χ3n) is 2.40. The maximum Gasteiger partial charge on any atom is 0.223 e. The van der Waals surface area contributed by atoms with Gasteiger partial charge in [-0.15, -0.1) is 0 Å². The van der Waals surface area contributed by atoms with Crippen LogP contribution in [-0.4, -0.2) is 4.98 Å². The molecule has 0 fully saturated rings. The number of nitrogens with zero attached hydrogens (tertiary/aromatic N) is 1. The van der Waals surface area contributed by atoms with Crippen LogP contribution in [0.5, 0.6) is 11.6 Å². The average molecular weight is 267 g/mol. The third-order valence-corrected chi connectivity index (χ3v) is 2.71. The van der Waals surface area contributed by atoms with Gasteiger partial charge in [0.1, 0.15) is 11.6 Å². The molecule has 5 heteroatoms. The summed E-state index contributed by atoms with van der Waals surface area (Å²) in [5.41, 5.74) is 7.16. The molecule has 1 aromatic carbocycles. The highest BCUT2D eigenvalue weighted by molar-refractivity contribution is 6.30. The van der Waals surface area contributed by atoms with E-state index in [1.807, 2.05) is 19.1 Å². The molecule has 2 N–H and O–H groups in total. The number of benzene rings is 1. The fourth-order valence-electron chi connectivity index (χ4n) is 1.46. The van der Waals surface area contributed by atoms with E-state index in [1.165, 1.54) is 12.1 Å². The van der Waals surface area contributed by atoms with Crippen molar-refractivity contribution in [3.8, 4) is 11.6 Å². The Labute approximate surface area is 109 Å². The van der Waals surface area contributed by atoms with Crippen LogP contribution in [0.25, 0.3) is 0 Å². The van der Waals surface area contributed by atoms with Gasteiger partial charge in [0, 0.05) is 23.9 Å². The molecule has 0 aliphatic carbocycles. The molecule has 1 aromatic heterocycles. The van der Waals surface area contributed by atoms with Gasteiger partial charge in [0.2, 0.25) is 5.88 Å². The Hall–Kier alpha value is -1.65. The molecule has 0 saturated carbocycles. The lowest BCUT2D eigenvalue weighted by atomic mass is 10.2. The van der Waals surface area contributed by atoms with Gasteiger partial charge in [0.05, 0.1) is 5.02 Å². The lowest BCUT2D eigenvalue weighted by molar-refractivity contribution is 0.450. The summed E-state index contributed by atoms with van der Waals surface area (Å²) in [6, 6.07) is 7.91. The quantitative estimate of drug-likeness (QED) is 0.926. The van der Waals surface area contributed by atoms with Crippen LogP contribution in [0.15, 0.2) is 30.3 Å². The summed E-state index contributed by atoms with van der Waals surface area (Å²) in [7, 11) is 0. The summed E-state index contributed by atoms with van der Waals surface area (Å²) in [6.07, 6.45) is 0. The Balaban J connectivity index is 2.33. The summed E-state index contributed by atoms with van der Waals surface area (Å²) < 4.78 is 18.8. The molecule has 3 nitrogen and oxygen atoms in total. The molecule has 0 atom stereocenters. The summed E-state index contributed by atoms with van der Waals surface area (Å²) in [4.78, 5) is 4.23. The predicted octanol–water partition coefficient (Wildman–Crippen LogP) is 3.43. The second-order valence-electron chi connectivity index (χ2n) is 3.80. The maximum absolute atomic E-state index is 13.3. The average Bonchev–Trinajstić information content (AvgIpc) is 2.34. The first-order chi connectivity index (χ1) is 8.60. The molecule has 0 aliphatic rings. The molecule has 2 rings (SSSR count). The highest BCUT2D eigenvalue weighted by Gasteiger charge is 2.08. The summed E-state index contributed by atoms with van der Waals surface area (Å²) in [5, 5.41) is 0.0543. The molecule has 0 bridgehead atoms. The van der Waals surface area contributed by atoms with E-state index in [1.54, 1.807) is 6.07 Å². The summed E-state index contributed by atoms with van der Waals surface area (Å²) in [6.45, 7) is 2.15. The summed E-state index contributed by atoms with van der Waals surface area (Å²) in [5.74, 6) is 0.194. The van der Waals surface area contributed by atoms with E-state index in [4.69, 9.17) is 22.1 Å². The molecule has 0 amide bonds. The van der Waals surface area contributed by atoms with Gasteiger partial charge in [0.15, 0.2) is 0 Å². The number of aryl methyl sites for hydroxylation is 1. The van der Waals surface area contributed by atoms with Crippen LogP contribution < -0.4 is 10.5 Å². The number of hydrogen-bond donors (Lipinski definition) is 1. The van der Waals surface area contributed by atoms with E-state index >= 15 is 0 Å². The molecular weight excluding hydrogens is 255 g/mol. The van der Waals surface area contributed by atoms with Gasteiger partial charge in [-0.3, -0.25) is 0 Å². The minimum Gasteiger partial charge on any atom is -0.439 e. The minimum absolute atomic E-state index is 0.0543. The number of nitrogens with two attached hydrogens (primary N) is 1. The fourth-order valence-corrected chi connectivity index (χ4v) is 1.57. The molecule has 18 heavy (non-hydrogen) atoms. The normalized spacial score (nSPS) is 10.4. The largest absolute Gasteiger partial charge is 0.439 e. The SMILES string of the molecule is Cc1ccc(CN)c(Oc2ccc(Cl)c(F)c2)n1. The fraction of sp³-hybridized carbons (Fsp3) is 0.154. The highest BCUT2D eigenvalue weighted by atomic mass is 35.5. The van der Waals surface area contributed by atoms with Crippen molar-refractivity contribution < 1.29 is 9.13 Å². The molecule has 0 radical (unpaired) electrons. The number of hydrogen-bond acceptors (Lipinski definition) is 3. The van der Waals surface area contributed by atoms with Crippen molar-refractivity contribution in [2.45, 2.75) is 13.5 Å². The van der Waals surface area contributed by atoms with Crippen molar-refractivity contribution in [3.63, 3.8) is 0 Å². The van der Waals surface area contributed by atoms with Crippen LogP contribution in [0.1, 0.15) is 11.3 Å². The molecule has 94 valence electrons. The number of aromatic nitrogens is 1. The first kappa shape index (κ1) is 12.8. The van der Waals surface area contributed by atoms with Gasteiger partial charge in [-0.05, 0) is 25.1 Å². The lowest BCUT2D eigenvalue weighted by Crippen LogP contribution is -2.02. The Morgan fingerprint density at radius 3 is 2.78 bits per heavy atom. The van der Waals surface area contributed by atoms with E-state index < -0.39 is 5.82 Å². The Kier molecular flexibility index (Phi) is 3.79. The summed E-state index contributed by atoms with van der Waals surface area (Å²) >= 11 is 5.60.